The Kier molecular flexibility index (Phi) is 4.76. The van der Waals surface area contributed by atoms with Gasteiger partial charge < -0.3 is 5.11 Å². The third-order valence-electron chi connectivity index (χ3n) is 2.51. The quantitative estimate of drug-likeness (QED) is 0.903. The summed E-state index contributed by atoms with van der Waals surface area (Å²) in [7, 11) is -3.48. The van der Waals surface area contributed by atoms with Crippen LogP contribution >= 0.6 is 11.6 Å². The van der Waals surface area contributed by atoms with E-state index in [1.54, 1.807) is 18.2 Å². The van der Waals surface area contributed by atoms with Crippen LogP contribution in [-0.2, 0) is 20.4 Å². The van der Waals surface area contributed by atoms with Crippen LogP contribution < -0.4 is 0 Å². The predicted octanol–water partition coefficient (Wildman–Crippen LogP) is 2.28. The van der Waals surface area contributed by atoms with Gasteiger partial charge in [0.05, 0.1) is 17.4 Å². The Morgan fingerprint density at radius 2 is 2.06 bits per heavy atom. The Morgan fingerprint density at radius 3 is 2.56 bits per heavy atom. The van der Waals surface area contributed by atoms with E-state index in [1.807, 2.05) is 6.92 Å². The highest BCUT2D eigenvalue weighted by molar-refractivity contribution is 7.90. The number of aliphatic carboxylic acids is 1. The van der Waals surface area contributed by atoms with Crippen molar-refractivity contribution in [3.05, 3.63) is 34.3 Å². The van der Waals surface area contributed by atoms with Crippen LogP contribution in [0.25, 0.3) is 0 Å². The molecule has 1 aromatic rings. The van der Waals surface area contributed by atoms with E-state index in [9.17, 15) is 13.2 Å². The molecule has 18 heavy (non-hydrogen) atoms. The summed E-state index contributed by atoms with van der Waals surface area (Å²) in [4.78, 5) is 10.7. The number of carboxylic acid groups (broad SMARTS) is 1. The highest BCUT2D eigenvalue weighted by Gasteiger charge is 2.22. The topological polar surface area (TPSA) is 71.4 Å². The van der Waals surface area contributed by atoms with Crippen LogP contribution in [0.3, 0.4) is 0 Å². The SMILES string of the molecule is Cc1ccc(CS(=O)(=O)CC(C)C(=O)O)c(Cl)c1. The molecule has 1 atom stereocenters. The van der Waals surface area contributed by atoms with Gasteiger partial charge in [-0.1, -0.05) is 30.7 Å². The molecule has 0 saturated carbocycles. The lowest BCUT2D eigenvalue weighted by atomic mass is 10.2. The zero-order valence-electron chi connectivity index (χ0n) is 10.2. The number of hydrogen-bond acceptors (Lipinski definition) is 3. The summed E-state index contributed by atoms with van der Waals surface area (Å²) in [5, 5.41) is 9.10. The second-order valence-electron chi connectivity index (χ2n) is 4.39. The van der Waals surface area contributed by atoms with E-state index in [1.165, 1.54) is 6.92 Å². The summed E-state index contributed by atoms with van der Waals surface area (Å²) in [6, 6.07) is 5.12. The summed E-state index contributed by atoms with van der Waals surface area (Å²) in [6.07, 6.45) is 0. The first-order valence-electron chi connectivity index (χ1n) is 5.39. The van der Waals surface area contributed by atoms with Gasteiger partial charge in [0.2, 0.25) is 0 Å². The molecule has 0 radical (unpaired) electrons. The highest BCUT2D eigenvalue weighted by atomic mass is 35.5. The van der Waals surface area contributed by atoms with Gasteiger partial charge in [-0.2, -0.15) is 0 Å². The molecular weight excluding hydrogens is 276 g/mol. The fraction of sp³-hybridized carbons (Fsp3) is 0.417. The lowest BCUT2D eigenvalue weighted by Gasteiger charge is -2.09. The molecule has 0 aliphatic rings. The monoisotopic (exact) mass is 290 g/mol. The molecule has 0 heterocycles. The molecule has 0 aliphatic carbocycles. The van der Waals surface area contributed by atoms with Crippen molar-refractivity contribution in [2.24, 2.45) is 5.92 Å². The molecule has 0 spiro atoms. The minimum atomic E-state index is -3.48. The van der Waals surface area contributed by atoms with Gasteiger partial charge >= 0.3 is 5.97 Å². The van der Waals surface area contributed by atoms with E-state index in [-0.39, 0.29) is 11.5 Å². The number of carbonyl (C=O) groups is 1. The standard InChI is InChI=1S/C12H15ClO4S/c1-8-3-4-10(11(13)5-8)7-18(16,17)6-9(2)12(14)15/h3-5,9H,6-7H2,1-2H3,(H,14,15). The van der Waals surface area contributed by atoms with E-state index in [0.29, 0.717) is 10.6 Å². The summed E-state index contributed by atoms with van der Waals surface area (Å²) in [6.45, 7) is 3.23. The highest BCUT2D eigenvalue weighted by Crippen LogP contribution is 2.20. The Bertz CT molecular complexity index is 551. The zero-order valence-corrected chi connectivity index (χ0v) is 11.8. The van der Waals surface area contributed by atoms with Gasteiger partial charge in [-0.15, -0.1) is 0 Å². The number of aryl methyl sites for hydroxylation is 1. The zero-order chi connectivity index (χ0) is 13.9. The maximum Gasteiger partial charge on any atom is 0.307 e. The van der Waals surface area contributed by atoms with Gasteiger partial charge in [0.15, 0.2) is 9.84 Å². The normalized spacial score (nSPS) is 13.3. The molecule has 0 aromatic heterocycles. The van der Waals surface area contributed by atoms with Crippen LogP contribution in [-0.4, -0.2) is 25.2 Å². The van der Waals surface area contributed by atoms with Crippen molar-refractivity contribution >= 4 is 27.4 Å². The summed E-state index contributed by atoms with van der Waals surface area (Å²) in [5.41, 5.74) is 1.44. The minimum Gasteiger partial charge on any atom is -0.481 e. The second kappa shape index (κ2) is 5.71. The van der Waals surface area contributed by atoms with Crippen LogP contribution in [0, 0.1) is 12.8 Å². The average Bonchev–Trinajstić information content (AvgIpc) is 2.21. The van der Waals surface area contributed by atoms with Gasteiger partial charge in [0, 0.05) is 5.02 Å². The average molecular weight is 291 g/mol. The molecule has 1 unspecified atom stereocenters. The molecule has 0 bridgehead atoms. The van der Waals surface area contributed by atoms with E-state index in [2.05, 4.69) is 0 Å². The van der Waals surface area contributed by atoms with Crippen LogP contribution in [0.2, 0.25) is 5.02 Å². The van der Waals surface area contributed by atoms with Crippen molar-refractivity contribution in [1.29, 1.82) is 0 Å². The minimum absolute atomic E-state index is 0.232. The third-order valence-corrected chi connectivity index (χ3v) is 4.62. The van der Waals surface area contributed by atoms with Gasteiger partial charge in [-0.25, -0.2) is 8.42 Å². The molecule has 0 fully saturated rings. The molecule has 100 valence electrons. The van der Waals surface area contributed by atoms with Gasteiger partial charge in [-0.3, -0.25) is 4.79 Å². The lowest BCUT2D eigenvalue weighted by Crippen LogP contribution is -2.22. The molecule has 1 aromatic carbocycles. The first-order valence-corrected chi connectivity index (χ1v) is 7.59. The van der Waals surface area contributed by atoms with Crippen molar-refractivity contribution in [3.63, 3.8) is 0 Å². The Morgan fingerprint density at radius 1 is 1.44 bits per heavy atom. The molecule has 6 heteroatoms. The number of sulfone groups is 1. The molecule has 1 N–H and O–H groups in total. The van der Waals surface area contributed by atoms with Crippen molar-refractivity contribution in [2.75, 3.05) is 5.75 Å². The van der Waals surface area contributed by atoms with Crippen LogP contribution in [0.4, 0.5) is 0 Å². The van der Waals surface area contributed by atoms with Crippen molar-refractivity contribution in [2.45, 2.75) is 19.6 Å². The summed E-state index contributed by atoms with van der Waals surface area (Å²) < 4.78 is 23.7. The Labute approximate surface area is 112 Å². The molecule has 4 nitrogen and oxygen atoms in total. The number of halogens is 1. The maximum absolute atomic E-state index is 11.8. The number of benzene rings is 1. The van der Waals surface area contributed by atoms with Gasteiger partial charge in [0.25, 0.3) is 0 Å². The molecule has 0 aliphatic heterocycles. The van der Waals surface area contributed by atoms with E-state index in [0.717, 1.165) is 5.56 Å². The maximum atomic E-state index is 11.8. The predicted molar refractivity (Wildman–Crippen MR) is 70.5 cm³/mol. The van der Waals surface area contributed by atoms with E-state index < -0.39 is 21.7 Å². The number of hydrogen-bond donors (Lipinski definition) is 1. The first kappa shape index (κ1) is 15.0. The Hall–Kier alpha value is -1.07. The smallest absolute Gasteiger partial charge is 0.307 e. The number of carboxylic acids is 1. The molecular formula is C12H15ClO4S. The van der Waals surface area contributed by atoms with Gasteiger partial charge in [-0.05, 0) is 24.1 Å². The number of rotatable bonds is 5. The van der Waals surface area contributed by atoms with Crippen molar-refractivity contribution in [3.8, 4) is 0 Å². The van der Waals surface area contributed by atoms with Crippen molar-refractivity contribution < 1.29 is 18.3 Å². The third kappa shape index (κ3) is 4.31. The van der Waals surface area contributed by atoms with E-state index in [4.69, 9.17) is 16.7 Å². The first-order chi connectivity index (χ1) is 8.21. The summed E-state index contributed by atoms with van der Waals surface area (Å²) >= 11 is 5.95. The molecule has 0 amide bonds. The largest absolute Gasteiger partial charge is 0.481 e. The fourth-order valence-electron chi connectivity index (χ4n) is 1.52. The van der Waals surface area contributed by atoms with Gasteiger partial charge in [0.1, 0.15) is 0 Å². The van der Waals surface area contributed by atoms with Crippen LogP contribution in [0.1, 0.15) is 18.1 Å². The molecule has 0 saturated heterocycles. The van der Waals surface area contributed by atoms with Crippen LogP contribution in [0.5, 0.6) is 0 Å². The second-order valence-corrected chi connectivity index (χ2v) is 6.91. The van der Waals surface area contributed by atoms with Crippen molar-refractivity contribution in [1.82, 2.24) is 0 Å². The Balaban J connectivity index is 2.86. The fourth-order valence-corrected chi connectivity index (χ4v) is 3.65. The summed E-state index contributed by atoms with van der Waals surface area (Å²) in [5.74, 6) is -2.65. The lowest BCUT2D eigenvalue weighted by molar-refractivity contribution is -0.140. The van der Waals surface area contributed by atoms with E-state index >= 15 is 0 Å². The van der Waals surface area contributed by atoms with Crippen LogP contribution in [0.15, 0.2) is 18.2 Å². The molecule has 1 rings (SSSR count).